The second-order valence-electron chi connectivity index (χ2n) is 3.35. The number of carbonyl (C=O) groups excluding carboxylic acids is 1. The third-order valence-corrected chi connectivity index (χ3v) is 2.36. The second-order valence-corrected chi connectivity index (χ2v) is 3.35. The molecule has 14 heavy (non-hydrogen) atoms. The maximum absolute atomic E-state index is 12.8. The number of halogens is 2. The summed E-state index contributed by atoms with van der Waals surface area (Å²) < 4.78 is 25.3. The van der Waals surface area contributed by atoms with Gasteiger partial charge in [0, 0.05) is 24.6 Å². The number of rotatable bonds is 2. The summed E-state index contributed by atoms with van der Waals surface area (Å²) in [6, 6.07) is 3.25. The van der Waals surface area contributed by atoms with E-state index in [9.17, 15) is 13.6 Å². The molecular formula is C10H9F2NO. The number of hydrogen-bond donors (Lipinski definition) is 1. The molecule has 0 radical (unpaired) electrons. The number of ketones is 1. The highest BCUT2D eigenvalue weighted by atomic mass is 19.2. The van der Waals surface area contributed by atoms with Gasteiger partial charge in [-0.1, -0.05) is 0 Å². The molecule has 1 N–H and O–H groups in total. The molecule has 0 aliphatic carbocycles. The molecule has 4 heteroatoms. The minimum absolute atomic E-state index is 0.0835. The van der Waals surface area contributed by atoms with Gasteiger partial charge >= 0.3 is 0 Å². The highest BCUT2D eigenvalue weighted by molar-refractivity contribution is 5.98. The number of hydrogen-bond acceptors (Lipinski definition) is 2. The lowest BCUT2D eigenvalue weighted by molar-refractivity contribution is 0.0877. The predicted molar refractivity (Wildman–Crippen MR) is 47.0 cm³/mol. The predicted octanol–water partition coefficient (Wildman–Crippen LogP) is 1.37. The standard InChI is InChI=1S/C10H9F2NO/c11-8-2-1-6(3-9(8)12)10(14)7-4-13-5-7/h1-3,7,13H,4-5H2. The van der Waals surface area contributed by atoms with Crippen LogP contribution >= 0.6 is 0 Å². The maximum atomic E-state index is 12.8. The minimum Gasteiger partial charge on any atom is -0.315 e. The van der Waals surface area contributed by atoms with Gasteiger partial charge in [0.1, 0.15) is 0 Å². The first kappa shape index (κ1) is 9.27. The molecule has 1 aliphatic heterocycles. The molecule has 0 atom stereocenters. The third kappa shape index (κ3) is 1.53. The van der Waals surface area contributed by atoms with E-state index in [1.54, 1.807) is 0 Å². The van der Waals surface area contributed by atoms with E-state index in [0.717, 1.165) is 12.1 Å². The van der Waals surface area contributed by atoms with Crippen molar-refractivity contribution in [3.05, 3.63) is 35.4 Å². The van der Waals surface area contributed by atoms with Gasteiger partial charge in [-0.25, -0.2) is 8.78 Å². The molecule has 74 valence electrons. The summed E-state index contributed by atoms with van der Waals surface area (Å²) in [5, 5.41) is 2.95. The van der Waals surface area contributed by atoms with Crippen molar-refractivity contribution in [2.24, 2.45) is 5.92 Å². The van der Waals surface area contributed by atoms with Crippen molar-refractivity contribution < 1.29 is 13.6 Å². The topological polar surface area (TPSA) is 29.1 Å². The molecule has 1 saturated heterocycles. The van der Waals surface area contributed by atoms with Crippen LogP contribution in [0, 0.1) is 17.6 Å². The van der Waals surface area contributed by atoms with Crippen LogP contribution < -0.4 is 5.32 Å². The number of Topliss-reactive ketones (excluding diaryl/α,β-unsaturated/α-hetero) is 1. The highest BCUT2D eigenvalue weighted by Crippen LogP contribution is 2.15. The summed E-state index contributed by atoms with van der Waals surface area (Å²) in [7, 11) is 0. The van der Waals surface area contributed by atoms with Gasteiger partial charge in [0.2, 0.25) is 0 Å². The van der Waals surface area contributed by atoms with Crippen LogP contribution in [0.15, 0.2) is 18.2 Å². The Hall–Kier alpha value is -1.29. The van der Waals surface area contributed by atoms with Crippen LogP contribution in [-0.2, 0) is 0 Å². The Morgan fingerprint density at radius 3 is 2.50 bits per heavy atom. The Morgan fingerprint density at radius 2 is 2.00 bits per heavy atom. The van der Waals surface area contributed by atoms with Gasteiger partial charge < -0.3 is 5.32 Å². The van der Waals surface area contributed by atoms with Gasteiger partial charge in [0.05, 0.1) is 0 Å². The van der Waals surface area contributed by atoms with Crippen LogP contribution in [0.25, 0.3) is 0 Å². The van der Waals surface area contributed by atoms with E-state index in [-0.39, 0.29) is 17.3 Å². The molecule has 1 fully saturated rings. The van der Waals surface area contributed by atoms with Gasteiger partial charge in [0.15, 0.2) is 17.4 Å². The summed E-state index contributed by atoms with van der Waals surface area (Å²) in [4.78, 5) is 11.6. The molecule has 0 saturated carbocycles. The van der Waals surface area contributed by atoms with E-state index in [1.807, 2.05) is 0 Å². The zero-order chi connectivity index (χ0) is 10.1. The Balaban J connectivity index is 2.23. The fourth-order valence-electron chi connectivity index (χ4n) is 1.36. The molecule has 0 unspecified atom stereocenters. The van der Waals surface area contributed by atoms with Gasteiger partial charge in [0.25, 0.3) is 0 Å². The fraction of sp³-hybridized carbons (Fsp3) is 0.300. The lowest BCUT2D eigenvalue weighted by Gasteiger charge is -2.25. The summed E-state index contributed by atoms with van der Waals surface area (Å²) in [5.41, 5.74) is 0.246. The first-order valence-electron chi connectivity index (χ1n) is 4.38. The van der Waals surface area contributed by atoms with Gasteiger partial charge in [-0.3, -0.25) is 4.79 Å². The van der Waals surface area contributed by atoms with Crippen molar-refractivity contribution in [3.8, 4) is 0 Å². The van der Waals surface area contributed by atoms with Crippen LogP contribution in [0.4, 0.5) is 8.78 Å². The highest BCUT2D eigenvalue weighted by Gasteiger charge is 2.26. The average molecular weight is 197 g/mol. The van der Waals surface area contributed by atoms with Crippen molar-refractivity contribution in [2.75, 3.05) is 13.1 Å². The monoisotopic (exact) mass is 197 g/mol. The normalized spacial score (nSPS) is 16.4. The molecule has 0 aromatic heterocycles. The summed E-state index contributed by atoms with van der Waals surface area (Å²) in [6.07, 6.45) is 0. The van der Waals surface area contributed by atoms with E-state index in [2.05, 4.69) is 5.32 Å². The quantitative estimate of drug-likeness (QED) is 0.725. The average Bonchev–Trinajstić information content (AvgIpc) is 2.06. The lowest BCUT2D eigenvalue weighted by atomic mass is 9.93. The molecular weight excluding hydrogens is 188 g/mol. The SMILES string of the molecule is O=C(c1ccc(F)c(F)c1)C1CNC1. The summed E-state index contributed by atoms with van der Waals surface area (Å²) >= 11 is 0. The van der Waals surface area contributed by atoms with Crippen molar-refractivity contribution >= 4 is 5.78 Å². The molecule has 0 spiro atoms. The Bertz CT molecular complexity index is 374. The van der Waals surface area contributed by atoms with Crippen molar-refractivity contribution in [1.82, 2.24) is 5.32 Å². The number of benzene rings is 1. The number of nitrogens with one attached hydrogen (secondary N) is 1. The summed E-state index contributed by atoms with van der Waals surface area (Å²) in [5.74, 6) is -2.10. The molecule has 1 aromatic rings. The van der Waals surface area contributed by atoms with Crippen LogP contribution in [0.2, 0.25) is 0 Å². The van der Waals surface area contributed by atoms with Crippen LogP contribution in [0.1, 0.15) is 10.4 Å². The fourth-order valence-corrected chi connectivity index (χ4v) is 1.36. The van der Waals surface area contributed by atoms with Gasteiger partial charge in [-0.15, -0.1) is 0 Å². The molecule has 2 rings (SSSR count). The zero-order valence-corrected chi connectivity index (χ0v) is 7.39. The molecule has 1 aromatic carbocycles. The van der Waals surface area contributed by atoms with Crippen LogP contribution in [-0.4, -0.2) is 18.9 Å². The van der Waals surface area contributed by atoms with Gasteiger partial charge in [-0.2, -0.15) is 0 Å². The first-order chi connectivity index (χ1) is 6.68. The lowest BCUT2D eigenvalue weighted by Crippen LogP contribution is -2.46. The molecule has 1 heterocycles. The largest absolute Gasteiger partial charge is 0.315 e. The van der Waals surface area contributed by atoms with Gasteiger partial charge in [-0.05, 0) is 18.2 Å². The van der Waals surface area contributed by atoms with Crippen LogP contribution in [0.3, 0.4) is 0 Å². The van der Waals surface area contributed by atoms with E-state index in [4.69, 9.17) is 0 Å². The summed E-state index contributed by atoms with van der Waals surface area (Å²) in [6.45, 7) is 1.25. The van der Waals surface area contributed by atoms with E-state index < -0.39 is 11.6 Å². The smallest absolute Gasteiger partial charge is 0.168 e. The number of carbonyl (C=O) groups is 1. The third-order valence-electron chi connectivity index (χ3n) is 2.36. The van der Waals surface area contributed by atoms with Crippen molar-refractivity contribution in [3.63, 3.8) is 0 Å². The maximum Gasteiger partial charge on any atom is 0.168 e. The Kier molecular flexibility index (Phi) is 2.29. The molecule has 0 bridgehead atoms. The van der Waals surface area contributed by atoms with E-state index in [1.165, 1.54) is 6.07 Å². The van der Waals surface area contributed by atoms with Crippen molar-refractivity contribution in [1.29, 1.82) is 0 Å². The second kappa shape index (κ2) is 3.46. The van der Waals surface area contributed by atoms with Crippen molar-refractivity contribution in [2.45, 2.75) is 0 Å². The zero-order valence-electron chi connectivity index (χ0n) is 7.39. The van der Waals surface area contributed by atoms with E-state index >= 15 is 0 Å². The molecule has 1 aliphatic rings. The molecule has 0 amide bonds. The van der Waals surface area contributed by atoms with E-state index in [0.29, 0.717) is 13.1 Å². The first-order valence-corrected chi connectivity index (χ1v) is 4.38. The Morgan fingerprint density at radius 1 is 1.29 bits per heavy atom. The van der Waals surface area contributed by atoms with Crippen LogP contribution in [0.5, 0.6) is 0 Å². The Labute approximate surface area is 79.9 Å². The molecule has 2 nitrogen and oxygen atoms in total. The minimum atomic E-state index is -0.969.